The first-order valence-electron chi connectivity index (χ1n) is 5.19. The number of thioether (sulfide) groups is 1. The molecule has 0 saturated heterocycles. The molecule has 6 heteroatoms. The molecule has 1 atom stereocenters. The second-order valence-corrected chi connectivity index (χ2v) is 4.84. The Morgan fingerprint density at radius 3 is 3.06 bits per heavy atom. The van der Waals surface area contributed by atoms with E-state index in [0.717, 1.165) is 5.75 Å². The number of aromatic nitrogens is 1. The molecule has 0 bridgehead atoms. The number of pyridine rings is 1. The SMILES string of the molecule is CSC[C@@H](CCO)NC(=O)c1cc(Cl)ccn1. The average Bonchev–Trinajstić information content (AvgIpc) is 2.29. The van der Waals surface area contributed by atoms with Crippen molar-refractivity contribution in [1.29, 1.82) is 0 Å². The molecule has 0 spiro atoms. The molecule has 2 N–H and O–H groups in total. The zero-order chi connectivity index (χ0) is 12.7. The first-order valence-corrected chi connectivity index (χ1v) is 6.96. The molecule has 0 aliphatic carbocycles. The maximum atomic E-state index is 11.8. The summed E-state index contributed by atoms with van der Waals surface area (Å²) in [4.78, 5) is 15.8. The van der Waals surface area contributed by atoms with Crippen LogP contribution >= 0.6 is 23.4 Å². The highest BCUT2D eigenvalue weighted by molar-refractivity contribution is 7.98. The Hall–Kier alpha value is -0.780. The summed E-state index contributed by atoms with van der Waals surface area (Å²) < 4.78 is 0. The number of hydrogen-bond acceptors (Lipinski definition) is 4. The largest absolute Gasteiger partial charge is 0.396 e. The van der Waals surface area contributed by atoms with Gasteiger partial charge in [-0.05, 0) is 24.8 Å². The maximum Gasteiger partial charge on any atom is 0.270 e. The van der Waals surface area contributed by atoms with Gasteiger partial charge in [0.05, 0.1) is 0 Å². The number of hydrogen-bond donors (Lipinski definition) is 2. The molecule has 0 aromatic carbocycles. The van der Waals surface area contributed by atoms with Gasteiger partial charge in [0.2, 0.25) is 0 Å². The van der Waals surface area contributed by atoms with Crippen molar-refractivity contribution in [2.75, 3.05) is 18.6 Å². The number of halogens is 1. The van der Waals surface area contributed by atoms with Gasteiger partial charge in [-0.15, -0.1) is 0 Å². The highest BCUT2D eigenvalue weighted by Gasteiger charge is 2.14. The Labute approximate surface area is 110 Å². The first kappa shape index (κ1) is 14.3. The Kier molecular flexibility index (Phi) is 6.32. The van der Waals surface area contributed by atoms with Gasteiger partial charge >= 0.3 is 0 Å². The lowest BCUT2D eigenvalue weighted by Crippen LogP contribution is -2.37. The van der Waals surface area contributed by atoms with Gasteiger partial charge in [-0.3, -0.25) is 9.78 Å². The summed E-state index contributed by atoms with van der Waals surface area (Å²) in [7, 11) is 0. The highest BCUT2D eigenvalue weighted by atomic mass is 35.5. The van der Waals surface area contributed by atoms with Crippen LogP contribution in [0.4, 0.5) is 0 Å². The summed E-state index contributed by atoms with van der Waals surface area (Å²) in [6.45, 7) is 0.0501. The standard InChI is InChI=1S/C11H15ClN2O2S/c1-17-7-9(3-5-15)14-11(16)10-6-8(12)2-4-13-10/h2,4,6,9,15H,3,5,7H2,1H3,(H,14,16)/t9-/m1/s1. The quantitative estimate of drug-likeness (QED) is 0.827. The molecular weight excluding hydrogens is 260 g/mol. The van der Waals surface area contributed by atoms with E-state index in [1.54, 1.807) is 17.8 Å². The number of aliphatic hydroxyl groups is 1. The zero-order valence-electron chi connectivity index (χ0n) is 9.52. The molecule has 0 aliphatic rings. The van der Waals surface area contributed by atoms with Gasteiger partial charge < -0.3 is 10.4 Å². The molecular formula is C11H15ClN2O2S. The lowest BCUT2D eigenvalue weighted by Gasteiger charge is -2.16. The Morgan fingerprint density at radius 2 is 2.47 bits per heavy atom. The molecule has 17 heavy (non-hydrogen) atoms. The molecule has 4 nitrogen and oxygen atoms in total. The predicted molar refractivity (Wildman–Crippen MR) is 70.6 cm³/mol. The van der Waals surface area contributed by atoms with Crippen LogP contribution in [0.1, 0.15) is 16.9 Å². The number of nitrogens with zero attached hydrogens (tertiary/aromatic N) is 1. The van der Waals surface area contributed by atoms with E-state index in [0.29, 0.717) is 17.1 Å². The van der Waals surface area contributed by atoms with E-state index < -0.39 is 0 Å². The van der Waals surface area contributed by atoms with Crippen molar-refractivity contribution in [2.45, 2.75) is 12.5 Å². The van der Waals surface area contributed by atoms with E-state index in [2.05, 4.69) is 10.3 Å². The number of amides is 1. The van der Waals surface area contributed by atoms with Crippen LogP contribution in [0, 0.1) is 0 Å². The Bertz CT molecular complexity index is 370. The summed E-state index contributed by atoms with van der Waals surface area (Å²) in [6, 6.07) is 3.08. The fourth-order valence-electron chi connectivity index (χ4n) is 1.34. The fraction of sp³-hybridized carbons (Fsp3) is 0.455. The van der Waals surface area contributed by atoms with Crippen molar-refractivity contribution in [2.24, 2.45) is 0 Å². The van der Waals surface area contributed by atoms with Gasteiger partial charge in [0.1, 0.15) is 5.69 Å². The second-order valence-electron chi connectivity index (χ2n) is 3.50. The number of nitrogens with one attached hydrogen (secondary N) is 1. The molecule has 1 rings (SSSR count). The van der Waals surface area contributed by atoms with Crippen LogP contribution < -0.4 is 5.32 Å². The van der Waals surface area contributed by atoms with Crippen LogP contribution in [0.15, 0.2) is 18.3 Å². The van der Waals surface area contributed by atoms with Crippen molar-refractivity contribution < 1.29 is 9.90 Å². The summed E-state index contributed by atoms with van der Waals surface area (Å²) >= 11 is 7.40. The van der Waals surface area contributed by atoms with Crippen LogP contribution in [0.3, 0.4) is 0 Å². The topological polar surface area (TPSA) is 62.2 Å². The molecule has 0 saturated carbocycles. The van der Waals surface area contributed by atoms with Gasteiger partial charge in [0.15, 0.2) is 0 Å². The number of carbonyl (C=O) groups excluding carboxylic acids is 1. The third-order valence-corrected chi connectivity index (χ3v) is 3.11. The van der Waals surface area contributed by atoms with E-state index >= 15 is 0 Å². The average molecular weight is 275 g/mol. The third kappa shape index (κ3) is 4.93. The molecule has 0 radical (unpaired) electrons. The first-order chi connectivity index (χ1) is 8.17. The minimum absolute atomic E-state index is 0.0501. The maximum absolute atomic E-state index is 11.8. The highest BCUT2D eigenvalue weighted by Crippen LogP contribution is 2.09. The van der Waals surface area contributed by atoms with E-state index in [-0.39, 0.29) is 18.6 Å². The number of carbonyl (C=O) groups is 1. The normalized spacial score (nSPS) is 12.2. The van der Waals surface area contributed by atoms with Gasteiger partial charge in [0.25, 0.3) is 5.91 Å². The summed E-state index contributed by atoms with van der Waals surface area (Å²) in [5, 5.41) is 12.2. The lowest BCUT2D eigenvalue weighted by molar-refractivity contribution is 0.0930. The summed E-state index contributed by atoms with van der Waals surface area (Å²) in [5.41, 5.74) is 0.293. The van der Waals surface area contributed by atoms with E-state index in [9.17, 15) is 4.79 Å². The van der Waals surface area contributed by atoms with Crippen molar-refractivity contribution in [3.8, 4) is 0 Å². The van der Waals surface area contributed by atoms with E-state index in [1.807, 2.05) is 6.26 Å². The molecule has 1 aromatic rings. The molecule has 0 fully saturated rings. The third-order valence-electron chi connectivity index (χ3n) is 2.14. The molecule has 0 aliphatic heterocycles. The van der Waals surface area contributed by atoms with Gasteiger partial charge in [-0.2, -0.15) is 11.8 Å². The predicted octanol–water partition coefficient (Wildman–Crippen LogP) is 1.58. The fourth-order valence-corrected chi connectivity index (χ4v) is 2.15. The van der Waals surface area contributed by atoms with Crippen molar-refractivity contribution in [3.05, 3.63) is 29.0 Å². The van der Waals surface area contributed by atoms with Gasteiger partial charge in [0, 0.05) is 29.6 Å². The second kappa shape index (κ2) is 7.53. The van der Waals surface area contributed by atoms with Crippen LogP contribution in [0.25, 0.3) is 0 Å². The number of aliphatic hydroxyl groups excluding tert-OH is 1. The molecule has 1 amide bonds. The molecule has 0 unspecified atom stereocenters. The molecule has 1 heterocycles. The minimum atomic E-state index is -0.264. The minimum Gasteiger partial charge on any atom is -0.396 e. The van der Waals surface area contributed by atoms with Gasteiger partial charge in [-0.1, -0.05) is 11.6 Å². The Balaban J connectivity index is 2.63. The van der Waals surface area contributed by atoms with Crippen LogP contribution in [-0.2, 0) is 0 Å². The van der Waals surface area contributed by atoms with E-state index in [1.165, 1.54) is 12.3 Å². The van der Waals surface area contributed by atoms with Crippen molar-refractivity contribution in [3.63, 3.8) is 0 Å². The van der Waals surface area contributed by atoms with Crippen LogP contribution in [-0.4, -0.2) is 40.7 Å². The van der Waals surface area contributed by atoms with Crippen LogP contribution in [0.5, 0.6) is 0 Å². The zero-order valence-corrected chi connectivity index (χ0v) is 11.1. The number of rotatable bonds is 6. The van der Waals surface area contributed by atoms with Crippen molar-refractivity contribution in [1.82, 2.24) is 10.3 Å². The van der Waals surface area contributed by atoms with E-state index in [4.69, 9.17) is 16.7 Å². The summed E-state index contributed by atoms with van der Waals surface area (Å²) in [6.07, 6.45) is 3.98. The van der Waals surface area contributed by atoms with Crippen LogP contribution in [0.2, 0.25) is 5.02 Å². The lowest BCUT2D eigenvalue weighted by atomic mass is 10.2. The van der Waals surface area contributed by atoms with Crippen molar-refractivity contribution >= 4 is 29.3 Å². The molecule has 94 valence electrons. The van der Waals surface area contributed by atoms with Gasteiger partial charge in [-0.25, -0.2) is 0 Å². The molecule has 1 aromatic heterocycles. The monoisotopic (exact) mass is 274 g/mol. The smallest absolute Gasteiger partial charge is 0.270 e. The summed E-state index contributed by atoms with van der Waals surface area (Å²) in [5.74, 6) is 0.493. The Morgan fingerprint density at radius 1 is 1.71 bits per heavy atom.